The van der Waals surface area contributed by atoms with Crippen molar-refractivity contribution in [1.29, 1.82) is 0 Å². The summed E-state index contributed by atoms with van der Waals surface area (Å²) in [4.78, 5) is 18.6. The summed E-state index contributed by atoms with van der Waals surface area (Å²) < 4.78 is 18.5. The Morgan fingerprint density at radius 1 is 1.67 bits per heavy atom. The van der Waals surface area contributed by atoms with E-state index in [1.165, 1.54) is 12.3 Å². The van der Waals surface area contributed by atoms with Gasteiger partial charge in [-0.15, -0.1) is 0 Å². The molecule has 1 saturated heterocycles. The highest BCUT2D eigenvalue weighted by Crippen LogP contribution is 2.30. The highest BCUT2D eigenvalue weighted by molar-refractivity contribution is 5.23. The topological polar surface area (TPSA) is 120 Å². The predicted molar refractivity (Wildman–Crippen MR) is 55.9 cm³/mol. The molecule has 1 aliphatic rings. The molecule has 18 heavy (non-hydrogen) atoms. The van der Waals surface area contributed by atoms with Gasteiger partial charge in [0.1, 0.15) is 18.0 Å². The third-order valence-electron chi connectivity index (χ3n) is 2.72. The molecule has 0 bridgehead atoms. The van der Waals surface area contributed by atoms with E-state index < -0.39 is 36.8 Å². The number of halogens is 1. The fourth-order valence-electron chi connectivity index (χ4n) is 1.81. The molecule has 0 amide bonds. The van der Waals surface area contributed by atoms with E-state index in [1.54, 1.807) is 0 Å². The van der Waals surface area contributed by atoms with Crippen molar-refractivity contribution in [2.75, 3.05) is 12.3 Å². The van der Waals surface area contributed by atoms with Crippen LogP contribution in [0.25, 0.3) is 0 Å². The summed E-state index contributed by atoms with van der Waals surface area (Å²) in [7, 11) is 0. The van der Waals surface area contributed by atoms with Gasteiger partial charge in [-0.05, 0) is 10.6 Å². The Bertz CT molecular complexity index is 482. The first kappa shape index (κ1) is 12.9. The zero-order valence-electron chi connectivity index (χ0n) is 9.14. The number of aliphatic hydroxyl groups is 2. The lowest BCUT2D eigenvalue weighted by molar-refractivity contribution is -0.221. The maximum atomic E-state index is 12.4. The average molecular weight is 261 g/mol. The normalized spacial score (nSPS) is 31.7. The van der Waals surface area contributed by atoms with Gasteiger partial charge in [0, 0.05) is 6.20 Å². The highest BCUT2D eigenvalue weighted by atomic mass is 19.3. The number of nitrogen functional groups attached to an aromatic ring is 1. The molecule has 1 aromatic heterocycles. The van der Waals surface area contributed by atoms with E-state index in [1.807, 2.05) is 0 Å². The number of rotatable bonds is 3. The molecule has 9 heteroatoms. The van der Waals surface area contributed by atoms with Gasteiger partial charge in [-0.1, -0.05) is 0 Å². The smallest absolute Gasteiger partial charge is 0.351 e. The van der Waals surface area contributed by atoms with Gasteiger partial charge in [0.2, 0.25) is 0 Å². The van der Waals surface area contributed by atoms with E-state index in [0.717, 1.165) is 4.57 Å². The maximum absolute atomic E-state index is 12.4. The van der Waals surface area contributed by atoms with Crippen LogP contribution in [0.2, 0.25) is 0 Å². The van der Waals surface area contributed by atoms with E-state index in [9.17, 15) is 14.4 Å². The lowest BCUT2D eigenvalue weighted by Crippen LogP contribution is -2.36. The largest absolute Gasteiger partial charge is 0.394 e. The molecular formula is C9H12FN3O5. The third kappa shape index (κ3) is 2.08. The van der Waals surface area contributed by atoms with E-state index in [4.69, 9.17) is 15.6 Å². The molecular weight excluding hydrogens is 249 g/mol. The first-order chi connectivity index (χ1) is 8.58. The Hall–Kier alpha value is -1.55. The van der Waals surface area contributed by atoms with E-state index in [-0.39, 0.29) is 5.82 Å². The van der Waals surface area contributed by atoms with Gasteiger partial charge in [0.05, 0.1) is 6.61 Å². The van der Waals surface area contributed by atoms with Crippen LogP contribution in [0.5, 0.6) is 0 Å². The van der Waals surface area contributed by atoms with Crippen molar-refractivity contribution in [1.82, 2.24) is 9.55 Å². The minimum Gasteiger partial charge on any atom is -0.394 e. The molecule has 4 N–H and O–H groups in total. The Labute approximate surface area is 100 Å². The molecule has 0 unspecified atom stereocenters. The van der Waals surface area contributed by atoms with Crippen LogP contribution in [0, 0.1) is 0 Å². The van der Waals surface area contributed by atoms with Crippen molar-refractivity contribution in [3.8, 4) is 0 Å². The molecule has 1 aliphatic heterocycles. The molecule has 2 heterocycles. The molecule has 0 saturated carbocycles. The Morgan fingerprint density at radius 2 is 2.39 bits per heavy atom. The molecule has 1 aromatic rings. The van der Waals surface area contributed by atoms with Crippen LogP contribution in [0.4, 0.5) is 10.3 Å². The van der Waals surface area contributed by atoms with Gasteiger partial charge >= 0.3 is 5.69 Å². The predicted octanol–water partition coefficient (Wildman–Crippen LogP) is -1.65. The molecule has 0 aliphatic carbocycles. The summed E-state index contributed by atoms with van der Waals surface area (Å²) in [5.41, 5.74) is 4.54. The van der Waals surface area contributed by atoms with Gasteiger partial charge in [0.25, 0.3) is 0 Å². The van der Waals surface area contributed by atoms with Crippen molar-refractivity contribution in [2.45, 2.75) is 24.5 Å². The van der Waals surface area contributed by atoms with Crippen molar-refractivity contribution in [2.24, 2.45) is 0 Å². The highest BCUT2D eigenvalue weighted by Gasteiger charge is 2.46. The van der Waals surface area contributed by atoms with Gasteiger partial charge in [0.15, 0.2) is 12.3 Å². The van der Waals surface area contributed by atoms with Crippen LogP contribution in [-0.2, 0) is 9.68 Å². The quantitative estimate of drug-likeness (QED) is 0.596. The van der Waals surface area contributed by atoms with E-state index >= 15 is 0 Å². The molecule has 2 rings (SSSR count). The first-order valence-electron chi connectivity index (χ1n) is 5.15. The van der Waals surface area contributed by atoms with Gasteiger partial charge in [-0.2, -0.15) is 9.93 Å². The standard InChI is InChI=1S/C9H12FN3O5/c10-18-7-6(15)4(3-14)17-8(7)13-2-1-5(11)12-9(13)16/h1-2,4,6-8,14-15H,3H2,(H2,11,12,16)/t4-,6-,7-,8-/m1/s1. The molecule has 1 fully saturated rings. The number of aromatic nitrogens is 2. The average Bonchev–Trinajstić information content (AvgIpc) is 2.65. The number of ether oxygens (including phenoxy) is 1. The maximum Gasteiger partial charge on any atom is 0.351 e. The summed E-state index contributed by atoms with van der Waals surface area (Å²) >= 11 is 0. The fourth-order valence-corrected chi connectivity index (χ4v) is 1.81. The van der Waals surface area contributed by atoms with Crippen LogP contribution < -0.4 is 11.4 Å². The van der Waals surface area contributed by atoms with Crippen molar-refractivity contribution >= 4 is 5.82 Å². The van der Waals surface area contributed by atoms with Gasteiger partial charge in [-0.25, -0.2) is 4.79 Å². The molecule has 8 nitrogen and oxygen atoms in total. The monoisotopic (exact) mass is 261 g/mol. The first-order valence-corrected chi connectivity index (χ1v) is 5.15. The van der Waals surface area contributed by atoms with E-state index in [0.29, 0.717) is 0 Å². The molecule has 100 valence electrons. The SMILES string of the molecule is Nc1ccn([C@@H]2O[C@H](CO)[C@@H](O)[C@H]2OF)c(=O)n1. The number of hydrogen-bond donors (Lipinski definition) is 3. The third-order valence-corrected chi connectivity index (χ3v) is 2.72. The summed E-state index contributed by atoms with van der Waals surface area (Å²) in [6.07, 6.45) is -3.84. The second-order valence-corrected chi connectivity index (χ2v) is 3.83. The summed E-state index contributed by atoms with van der Waals surface area (Å²) in [6, 6.07) is 1.32. The van der Waals surface area contributed by atoms with Crippen LogP contribution >= 0.6 is 0 Å². The second kappa shape index (κ2) is 4.98. The van der Waals surface area contributed by atoms with E-state index in [2.05, 4.69) is 9.93 Å². The summed E-state index contributed by atoms with van der Waals surface area (Å²) in [5.74, 6) is 0.00576. The Balaban J connectivity index is 2.35. The minimum atomic E-state index is -1.43. The fraction of sp³-hybridized carbons (Fsp3) is 0.556. The molecule has 4 atom stereocenters. The number of hydrogen-bond acceptors (Lipinski definition) is 7. The number of aliphatic hydroxyl groups excluding tert-OH is 2. The Kier molecular flexibility index (Phi) is 3.57. The van der Waals surface area contributed by atoms with Gasteiger partial charge < -0.3 is 20.7 Å². The zero-order valence-corrected chi connectivity index (χ0v) is 9.14. The van der Waals surface area contributed by atoms with Crippen LogP contribution in [0.1, 0.15) is 6.23 Å². The van der Waals surface area contributed by atoms with Crippen molar-refractivity contribution < 1.29 is 24.4 Å². The lowest BCUT2D eigenvalue weighted by atomic mass is 10.1. The van der Waals surface area contributed by atoms with Crippen molar-refractivity contribution in [3.05, 3.63) is 22.7 Å². The zero-order chi connectivity index (χ0) is 13.3. The number of nitrogens with zero attached hydrogens (tertiary/aromatic N) is 2. The lowest BCUT2D eigenvalue weighted by Gasteiger charge is -2.17. The van der Waals surface area contributed by atoms with Gasteiger partial charge in [-0.3, -0.25) is 4.57 Å². The number of anilines is 1. The van der Waals surface area contributed by atoms with Crippen LogP contribution in [0.15, 0.2) is 17.1 Å². The minimum absolute atomic E-state index is 0.00576. The number of nitrogens with two attached hydrogens (primary N) is 1. The van der Waals surface area contributed by atoms with Crippen LogP contribution in [-0.4, -0.2) is 44.7 Å². The Morgan fingerprint density at radius 3 is 2.94 bits per heavy atom. The summed E-state index contributed by atoms with van der Waals surface area (Å²) in [5, 5.41) is 18.6. The van der Waals surface area contributed by atoms with Crippen LogP contribution in [0.3, 0.4) is 0 Å². The summed E-state index contributed by atoms with van der Waals surface area (Å²) in [6.45, 7) is -0.533. The second-order valence-electron chi connectivity index (χ2n) is 3.83. The van der Waals surface area contributed by atoms with Crippen molar-refractivity contribution in [3.63, 3.8) is 0 Å². The molecule has 0 spiro atoms. The molecule has 0 aromatic carbocycles. The molecule has 0 radical (unpaired) electrons.